The zero-order chi connectivity index (χ0) is 13.9. The van der Waals surface area contributed by atoms with E-state index in [1.165, 1.54) is 5.06 Å². The van der Waals surface area contributed by atoms with Crippen LogP contribution in [0.1, 0.15) is 23.2 Å². The SMILES string of the molecule is O=C(NC1CCN(O)CC1)c1ccc2ccccc2c1. The van der Waals surface area contributed by atoms with E-state index in [9.17, 15) is 10.0 Å². The van der Waals surface area contributed by atoms with Gasteiger partial charge < -0.3 is 10.5 Å². The number of rotatable bonds is 2. The summed E-state index contributed by atoms with van der Waals surface area (Å²) in [5, 5.41) is 15.9. The predicted octanol–water partition coefficient (Wildman–Crippen LogP) is 2.42. The number of nitrogens with one attached hydrogen (secondary N) is 1. The highest BCUT2D eigenvalue weighted by atomic mass is 16.5. The van der Waals surface area contributed by atoms with Crippen molar-refractivity contribution in [3.8, 4) is 0 Å². The summed E-state index contributed by atoms with van der Waals surface area (Å²) < 4.78 is 0. The molecular weight excluding hydrogens is 252 g/mol. The molecule has 4 heteroatoms. The van der Waals surface area contributed by atoms with Crippen LogP contribution in [-0.2, 0) is 0 Å². The summed E-state index contributed by atoms with van der Waals surface area (Å²) in [7, 11) is 0. The number of nitrogens with zero attached hydrogens (tertiary/aromatic N) is 1. The van der Waals surface area contributed by atoms with E-state index in [1.807, 2.05) is 42.5 Å². The van der Waals surface area contributed by atoms with E-state index >= 15 is 0 Å². The van der Waals surface area contributed by atoms with Crippen molar-refractivity contribution in [3.63, 3.8) is 0 Å². The summed E-state index contributed by atoms with van der Waals surface area (Å²) in [6, 6.07) is 13.9. The molecule has 1 heterocycles. The largest absolute Gasteiger partial charge is 0.349 e. The van der Waals surface area contributed by atoms with Crippen LogP contribution in [0.25, 0.3) is 10.8 Å². The van der Waals surface area contributed by atoms with E-state index in [1.54, 1.807) is 0 Å². The number of hydroxylamine groups is 2. The minimum atomic E-state index is -0.0351. The zero-order valence-electron chi connectivity index (χ0n) is 11.2. The Labute approximate surface area is 118 Å². The average Bonchev–Trinajstić information content (AvgIpc) is 2.49. The third kappa shape index (κ3) is 2.81. The van der Waals surface area contributed by atoms with E-state index < -0.39 is 0 Å². The fraction of sp³-hybridized carbons (Fsp3) is 0.312. The Morgan fingerprint density at radius 2 is 1.80 bits per heavy atom. The lowest BCUT2D eigenvalue weighted by molar-refractivity contribution is -0.107. The molecule has 2 aromatic carbocycles. The molecule has 1 amide bonds. The summed E-state index contributed by atoms with van der Waals surface area (Å²) >= 11 is 0. The summed E-state index contributed by atoms with van der Waals surface area (Å²) in [6.45, 7) is 1.23. The van der Waals surface area contributed by atoms with Crippen LogP contribution in [0.2, 0.25) is 0 Å². The van der Waals surface area contributed by atoms with Crippen molar-refractivity contribution in [1.82, 2.24) is 10.4 Å². The maximum Gasteiger partial charge on any atom is 0.251 e. The van der Waals surface area contributed by atoms with Crippen molar-refractivity contribution in [2.75, 3.05) is 13.1 Å². The first kappa shape index (κ1) is 13.1. The van der Waals surface area contributed by atoms with Gasteiger partial charge in [0.25, 0.3) is 5.91 Å². The maximum absolute atomic E-state index is 12.3. The van der Waals surface area contributed by atoms with Crippen molar-refractivity contribution in [1.29, 1.82) is 0 Å². The molecule has 2 N–H and O–H groups in total. The Balaban J connectivity index is 1.72. The summed E-state index contributed by atoms with van der Waals surface area (Å²) in [4.78, 5) is 12.3. The number of hydrogen-bond acceptors (Lipinski definition) is 3. The molecule has 0 bridgehead atoms. The van der Waals surface area contributed by atoms with E-state index in [2.05, 4.69) is 5.32 Å². The molecule has 1 fully saturated rings. The number of benzene rings is 2. The van der Waals surface area contributed by atoms with Crippen molar-refractivity contribution < 1.29 is 10.0 Å². The van der Waals surface area contributed by atoms with Crippen LogP contribution in [0.15, 0.2) is 42.5 Å². The molecule has 0 aliphatic carbocycles. The lowest BCUT2D eigenvalue weighted by Gasteiger charge is -2.28. The van der Waals surface area contributed by atoms with Crippen molar-refractivity contribution >= 4 is 16.7 Å². The number of carbonyl (C=O) groups is 1. The second-order valence-corrected chi connectivity index (χ2v) is 5.26. The van der Waals surface area contributed by atoms with Crippen LogP contribution in [-0.4, -0.2) is 35.3 Å². The van der Waals surface area contributed by atoms with Gasteiger partial charge in [-0.05, 0) is 35.7 Å². The first-order chi connectivity index (χ1) is 9.72. The van der Waals surface area contributed by atoms with E-state index in [0.717, 1.165) is 23.6 Å². The van der Waals surface area contributed by atoms with Crippen molar-refractivity contribution in [3.05, 3.63) is 48.0 Å². The third-order valence-electron chi connectivity index (χ3n) is 3.82. The van der Waals surface area contributed by atoms with Gasteiger partial charge in [0.15, 0.2) is 0 Å². The number of fused-ring (bicyclic) bond motifs is 1. The minimum Gasteiger partial charge on any atom is -0.349 e. The smallest absolute Gasteiger partial charge is 0.251 e. The summed E-state index contributed by atoms with van der Waals surface area (Å²) in [5.41, 5.74) is 0.690. The highest BCUT2D eigenvalue weighted by Gasteiger charge is 2.20. The second kappa shape index (κ2) is 5.61. The molecule has 0 aromatic heterocycles. The molecule has 4 nitrogen and oxygen atoms in total. The standard InChI is InChI=1S/C16H18N2O2/c19-16(17-15-7-9-18(20)10-8-15)14-6-5-12-3-1-2-4-13(12)11-14/h1-6,11,15,20H,7-10H2,(H,17,19). The highest BCUT2D eigenvalue weighted by Crippen LogP contribution is 2.16. The van der Waals surface area contributed by atoms with E-state index in [4.69, 9.17) is 0 Å². The van der Waals surface area contributed by atoms with E-state index in [-0.39, 0.29) is 11.9 Å². The second-order valence-electron chi connectivity index (χ2n) is 5.26. The lowest BCUT2D eigenvalue weighted by atomic mass is 10.0. The van der Waals surface area contributed by atoms with E-state index in [0.29, 0.717) is 18.7 Å². The number of hydrogen-bond donors (Lipinski definition) is 2. The predicted molar refractivity (Wildman–Crippen MR) is 77.8 cm³/mol. The van der Waals surface area contributed by atoms with Gasteiger partial charge >= 0.3 is 0 Å². The van der Waals surface area contributed by atoms with Crippen LogP contribution < -0.4 is 5.32 Å². The molecule has 20 heavy (non-hydrogen) atoms. The monoisotopic (exact) mass is 270 g/mol. The quantitative estimate of drug-likeness (QED) is 0.881. The molecule has 1 saturated heterocycles. The van der Waals surface area contributed by atoms with Crippen molar-refractivity contribution in [2.24, 2.45) is 0 Å². The van der Waals surface area contributed by atoms with Gasteiger partial charge in [-0.15, -0.1) is 0 Å². The van der Waals surface area contributed by atoms with Crippen LogP contribution >= 0.6 is 0 Å². The van der Waals surface area contributed by atoms with Crippen LogP contribution in [0.5, 0.6) is 0 Å². The molecule has 0 saturated carbocycles. The third-order valence-corrected chi connectivity index (χ3v) is 3.82. The number of amides is 1. The molecule has 3 rings (SSSR count). The number of piperidine rings is 1. The summed E-state index contributed by atoms with van der Waals surface area (Å²) in [5.74, 6) is -0.0351. The van der Waals surface area contributed by atoms with Gasteiger partial charge in [-0.25, -0.2) is 0 Å². The fourth-order valence-corrected chi connectivity index (χ4v) is 2.61. The Morgan fingerprint density at radius 1 is 1.10 bits per heavy atom. The topological polar surface area (TPSA) is 52.6 Å². The first-order valence-electron chi connectivity index (χ1n) is 6.96. The lowest BCUT2D eigenvalue weighted by Crippen LogP contribution is -2.43. The Hall–Kier alpha value is -1.91. The fourth-order valence-electron chi connectivity index (χ4n) is 2.61. The van der Waals surface area contributed by atoms with Gasteiger partial charge in [0, 0.05) is 24.7 Å². The van der Waals surface area contributed by atoms with Crippen LogP contribution in [0.3, 0.4) is 0 Å². The van der Waals surface area contributed by atoms with Gasteiger partial charge in [0.05, 0.1) is 0 Å². The van der Waals surface area contributed by atoms with Crippen LogP contribution in [0.4, 0.5) is 0 Å². The zero-order valence-corrected chi connectivity index (χ0v) is 11.2. The Kier molecular flexibility index (Phi) is 3.67. The molecular formula is C16H18N2O2. The van der Waals surface area contributed by atoms with Gasteiger partial charge in [-0.1, -0.05) is 30.3 Å². The normalized spacial score (nSPS) is 17.2. The molecule has 104 valence electrons. The molecule has 0 radical (unpaired) electrons. The first-order valence-corrected chi connectivity index (χ1v) is 6.96. The summed E-state index contributed by atoms with van der Waals surface area (Å²) in [6.07, 6.45) is 1.58. The molecule has 0 unspecified atom stereocenters. The van der Waals surface area contributed by atoms with Gasteiger partial charge in [-0.2, -0.15) is 5.06 Å². The maximum atomic E-state index is 12.3. The molecule has 2 aromatic rings. The van der Waals surface area contributed by atoms with Gasteiger partial charge in [0.2, 0.25) is 0 Å². The van der Waals surface area contributed by atoms with Crippen molar-refractivity contribution in [2.45, 2.75) is 18.9 Å². The van der Waals surface area contributed by atoms with Crippen LogP contribution in [0, 0.1) is 0 Å². The van der Waals surface area contributed by atoms with Gasteiger partial charge in [0.1, 0.15) is 0 Å². The molecule has 0 atom stereocenters. The minimum absolute atomic E-state index is 0.0351. The molecule has 1 aliphatic rings. The highest BCUT2D eigenvalue weighted by molar-refractivity contribution is 5.98. The Bertz CT molecular complexity index is 619. The Morgan fingerprint density at radius 3 is 2.55 bits per heavy atom. The number of carbonyl (C=O) groups excluding carboxylic acids is 1. The molecule has 0 spiro atoms. The average molecular weight is 270 g/mol. The van der Waals surface area contributed by atoms with Gasteiger partial charge in [-0.3, -0.25) is 4.79 Å². The molecule has 1 aliphatic heterocycles.